The minimum absolute atomic E-state index is 0.439. The van der Waals surface area contributed by atoms with E-state index in [0.717, 1.165) is 0 Å². The molecule has 0 atom stereocenters. The summed E-state index contributed by atoms with van der Waals surface area (Å²) in [7, 11) is -5.65. The summed E-state index contributed by atoms with van der Waals surface area (Å²) in [4.78, 5) is 0. The Kier molecular flexibility index (Phi) is 3.25. The van der Waals surface area contributed by atoms with Gasteiger partial charge in [0, 0.05) is 0 Å². The number of alkyl halides is 2. The summed E-state index contributed by atoms with van der Waals surface area (Å²) in [5.41, 5.74) is -0.831. The van der Waals surface area contributed by atoms with Crippen LogP contribution in [0.1, 0.15) is 5.56 Å². The number of rotatable bonds is 3. The van der Waals surface area contributed by atoms with Crippen LogP contribution in [0.15, 0.2) is 18.2 Å². The van der Waals surface area contributed by atoms with E-state index in [1.54, 1.807) is 0 Å². The average molecular weight is 258 g/mol. The molecule has 0 spiro atoms. The predicted molar refractivity (Wildman–Crippen MR) is 46.6 cm³/mol. The van der Waals surface area contributed by atoms with Gasteiger partial charge in [0.15, 0.2) is 0 Å². The number of benzene rings is 1. The summed E-state index contributed by atoms with van der Waals surface area (Å²) < 4.78 is 79.8. The van der Waals surface area contributed by atoms with Crippen LogP contribution in [0.2, 0.25) is 0 Å². The summed E-state index contributed by atoms with van der Waals surface area (Å²) >= 11 is 0. The van der Waals surface area contributed by atoms with E-state index < -0.39 is 39.0 Å². The van der Waals surface area contributed by atoms with Crippen molar-refractivity contribution < 1.29 is 30.5 Å². The van der Waals surface area contributed by atoms with E-state index in [0.29, 0.717) is 18.2 Å². The highest BCUT2D eigenvalue weighted by Gasteiger charge is 2.44. The van der Waals surface area contributed by atoms with Gasteiger partial charge in [-0.25, -0.2) is 8.78 Å². The minimum Gasteiger partial charge on any atom is -0.281 e. The Morgan fingerprint density at radius 1 is 1.25 bits per heavy atom. The van der Waals surface area contributed by atoms with Crippen LogP contribution in [0.25, 0.3) is 0 Å². The molecular weight excluding hydrogens is 252 g/mol. The largest absolute Gasteiger partial charge is 0.374 e. The first-order chi connectivity index (χ1) is 7.13. The van der Waals surface area contributed by atoms with Crippen LogP contribution < -0.4 is 0 Å². The maximum Gasteiger partial charge on any atom is 0.374 e. The monoisotopic (exact) mass is 258 g/mol. The van der Waals surface area contributed by atoms with Gasteiger partial charge >= 0.3 is 15.4 Å². The molecule has 8 heteroatoms. The van der Waals surface area contributed by atoms with E-state index in [2.05, 4.69) is 0 Å². The Bertz CT molecular complexity index is 498. The number of hydrogen-bond donors (Lipinski definition) is 1. The highest BCUT2D eigenvalue weighted by molar-refractivity contribution is 7.86. The summed E-state index contributed by atoms with van der Waals surface area (Å²) in [6.07, 6.45) is -1.63. The first-order valence-corrected chi connectivity index (χ1v) is 5.36. The second-order valence-corrected chi connectivity index (χ2v) is 4.57. The topological polar surface area (TPSA) is 54.4 Å². The van der Waals surface area contributed by atoms with Crippen LogP contribution in [-0.2, 0) is 16.5 Å². The molecular formula is C8H6F4O3S. The van der Waals surface area contributed by atoms with Gasteiger partial charge in [-0.05, 0) is 23.8 Å². The molecule has 0 aromatic heterocycles. The van der Waals surface area contributed by atoms with Crippen LogP contribution in [0.4, 0.5) is 17.6 Å². The first-order valence-electron chi connectivity index (χ1n) is 3.92. The summed E-state index contributed by atoms with van der Waals surface area (Å²) in [6, 6.07) is 1.73. The van der Waals surface area contributed by atoms with Crippen molar-refractivity contribution in [3.63, 3.8) is 0 Å². The van der Waals surface area contributed by atoms with Crippen molar-refractivity contribution in [1.82, 2.24) is 0 Å². The van der Waals surface area contributed by atoms with Gasteiger partial charge in [-0.3, -0.25) is 4.55 Å². The highest BCUT2D eigenvalue weighted by atomic mass is 32.2. The zero-order valence-electron chi connectivity index (χ0n) is 7.62. The molecule has 1 aromatic carbocycles. The van der Waals surface area contributed by atoms with Crippen LogP contribution in [0, 0.1) is 11.6 Å². The van der Waals surface area contributed by atoms with Gasteiger partial charge in [0.1, 0.15) is 11.6 Å². The lowest BCUT2D eigenvalue weighted by atomic mass is 10.1. The third kappa shape index (κ3) is 2.70. The molecule has 0 aliphatic heterocycles. The van der Waals surface area contributed by atoms with Gasteiger partial charge in [-0.15, -0.1) is 0 Å². The van der Waals surface area contributed by atoms with Gasteiger partial charge < -0.3 is 0 Å². The van der Waals surface area contributed by atoms with Crippen molar-refractivity contribution in [2.24, 2.45) is 0 Å². The summed E-state index contributed by atoms with van der Waals surface area (Å²) in [5.74, 6) is -2.16. The maximum absolute atomic E-state index is 12.9. The van der Waals surface area contributed by atoms with Crippen molar-refractivity contribution >= 4 is 10.1 Å². The van der Waals surface area contributed by atoms with E-state index in [4.69, 9.17) is 4.55 Å². The number of hydrogen-bond acceptors (Lipinski definition) is 2. The van der Waals surface area contributed by atoms with Gasteiger partial charge in [-0.2, -0.15) is 17.2 Å². The van der Waals surface area contributed by atoms with Crippen molar-refractivity contribution in [2.45, 2.75) is 11.7 Å². The molecule has 1 rings (SSSR count). The quantitative estimate of drug-likeness (QED) is 0.666. The molecule has 1 N–H and O–H groups in total. The highest BCUT2D eigenvalue weighted by Crippen LogP contribution is 2.27. The second-order valence-electron chi connectivity index (χ2n) is 3.02. The van der Waals surface area contributed by atoms with Gasteiger partial charge in [0.05, 0.1) is 6.42 Å². The third-order valence-electron chi connectivity index (χ3n) is 1.78. The van der Waals surface area contributed by atoms with E-state index in [1.807, 2.05) is 0 Å². The zero-order chi connectivity index (χ0) is 12.6. The van der Waals surface area contributed by atoms with Crippen molar-refractivity contribution in [3.05, 3.63) is 35.4 Å². The van der Waals surface area contributed by atoms with Crippen molar-refractivity contribution in [3.8, 4) is 0 Å². The fraction of sp³-hybridized carbons (Fsp3) is 0.250. The van der Waals surface area contributed by atoms with Crippen LogP contribution in [-0.4, -0.2) is 18.2 Å². The van der Waals surface area contributed by atoms with Gasteiger partial charge in [0.25, 0.3) is 0 Å². The SMILES string of the molecule is O=S(=O)(O)C(F)(F)Cc1cc(F)ccc1F. The maximum atomic E-state index is 12.9. The molecule has 90 valence electrons. The molecule has 0 saturated heterocycles. The summed E-state index contributed by atoms with van der Waals surface area (Å²) in [6.45, 7) is 0. The normalized spacial score (nSPS) is 12.8. The lowest BCUT2D eigenvalue weighted by Gasteiger charge is -2.13. The van der Waals surface area contributed by atoms with Gasteiger partial charge in [-0.1, -0.05) is 0 Å². The average Bonchev–Trinajstić information content (AvgIpc) is 2.09. The van der Waals surface area contributed by atoms with Gasteiger partial charge in [0.2, 0.25) is 0 Å². The smallest absolute Gasteiger partial charge is 0.281 e. The van der Waals surface area contributed by atoms with Crippen LogP contribution in [0.3, 0.4) is 0 Å². The fourth-order valence-corrected chi connectivity index (χ4v) is 1.33. The molecule has 16 heavy (non-hydrogen) atoms. The molecule has 0 aliphatic carbocycles. The van der Waals surface area contributed by atoms with Crippen molar-refractivity contribution in [2.75, 3.05) is 0 Å². The Morgan fingerprint density at radius 2 is 1.81 bits per heavy atom. The van der Waals surface area contributed by atoms with Crippen molar-refractivity contribution in [1.29, 1.82) is 0 Å². The second kappa shape index (κ2) is 4.02. The Balaban J connectivity index is 3.10. The molecule has 0 radical (unpaired) electrons. The Morgan fingerprint density at radius 3 is 2.31 bits per heavy atom. The first kappa shape index (κ1) is 12.9. The molecule has 0 aliphatic rings. The van der Waals surface area contributed by atoms with Crippen LogP contribution in [0.5, 0.6) is 0 Å². The molecule has 1 aromatic rings. The molecule has 0 bridgehead atoms. The lowest BCUT2D eigenvalue weighted by molar-refractivity contribution is 0.0802. The standard InChI is InChI=1S/C8H6F4O3S/c9-6-1-2-7(10)5(3-6)4-8(11,12)16(13,14)15/h1-3H,4H2,(H,13,14,15). The molecule has 0 heterocycles. The predicted octanol–water partition coefficient (Wildman–Crippen LogP) is 1.99. The molecule has 0 saturated carbocycles. The van der Waals surface area contributed by atoms with E-state index in [9.17, 15) is 26.0 Å². The molecule has 0 amide bonds. The molecule has 0 fully saturated rings. The Hall–Kier alpha value is -1.15. The molecule has 0 unspecified atom stereocenters. The number of halogens is 4. The van der Waals surface area contributed by atoms with E-state index in [1.165, 1.54) is 0 Å². The van der Waals surface area contributed by atoms with E-state index >= 15 is 0 Å². The van der Waals surface area contributed by atoms with Crippen LogP contribution >= 0.6 is 0 Å². The fourth-order valence-electron chi connectivity index (χ4n) is 0.992. The summed E-state index contributed by atoms with van der Waals surface area (Å²) in [5, 5.41) is -4.55. The lowest BCUT2D eigenvalue weighted by Crippen LogP contribution is -2.31. The molecule has 3 nitrogen and oxygen atoms in total. The van der Waals surface area contributed by atoms with E-state index in [-0.39, 0.29) is 0 Å². The zero-order valence-corrected chi connectivity index (χ0v) is 8.44. The minimum atomic E-state index is -5.65. The third-order valence-corrected chi connectivity index (χ3v) is 2.68. The Labute approximate surface area is 88.5 Å².